The molecule has 2 aliphatic rings. The molecule has 2 aliphatic carbocycles. The highest BCUT2D eigenvalue weighted by Crippen LogP contribution is 2.53. The number of hydrogen-bond acceptors (Lipinski definition) is 2. The van der Waals surface area contributed by atoms with E-state index in [4.69, 9.17) is 0 Å². The second kappa shape index (κ2) is 4.65. The molecule has 0 radical (unpaired) electrons. The summed E-state index contributed by atoms with van der Waals surface area (Å²) in [6.45, 7) is 10.3. The highest BCUT2D eigenvalue weighted by atomic mass is 16.1. The number of ketones is 2. The number of Topliss-reactive ketones (excluding diaryl/α,β-unsaturated/α-hetero) is 1. The highest BCUT2D eigenvalue weighted by molar-refractivity contribution is 6.04. The number of rotatable bonds is 1. The molecule has 0 saturated heterocycles. The van der Waals surface area contributed by atoms with Crippen molar-refractivity contribution in [2.45, 2.75) is 52.9 Å². The Morgan fingerprint density at radius 3 is 2.50 bits per heavy atom. The number of carbonyl (C=O) groups is 2. The molecule has 2 heteroatoms. The summed E-state index contributed by atoms with van der Waals surface area (Å²) in [5.74, 6) is 0.369. The van der Waals surface area contributed by atoms with Gasteiger partial charge in [0.25, 0.3) is 0 Å². The SMILES string of the molecule is CCc1c(C)ccc2c1C(=O)CC1C(C)(C)C(=O)C=CC21C. The number of carbonyl (C=O) groups excluding carboxylic acids is 2. The number of allylic oxidation sites excluding steroid dienone is 2. The van der Waals surface area contributed by atoms with Crippen LogP contribution in [0.25, 0.3) is 0 Å². The van der Waals surface area contributed by atoms with Crippen LogP contribution in [0.3, 0.4) is 0 Å². The topological polar surface area (TPSA) is 34.1 Å². The Labute approximate surface area is 132 Å². The van der Waals surface area contributed by atoms with Gasteiger partial charge in [-0.2, -0.15) is 0 Å². The predicted molar refractivity (Wildman–Crippen MR) is 88.3 cm³/mol. The van der Waals surface area contributed by atoms with Crippen molar-refractivity contribution in [1.29, 1.82) is 0 Å². The van der Waals surface area contributed by atoms with Crippen molar-refractivity contribution < 1.29 is 9.59 Å². The third-order valence-electron chi connectivity index (χ3n) is 5.96. The average molecular weight is 296 g/mol. The van der Waals surface area contributed by atoms with Crippen molar-refractivity contribution >= 4 is 11.6 Å². The first-order chi connectivity index (χ1) is 10.2. The van der Waals surface area contributed by atoms with Gasteiger partial charge in [-0.05, 0) is 42.0 Å². The summed E-state index contributed by atoms with van der Waals surface area (Å²) in [5, 5.41) is 0. The van der Waals surface area contributed by atoms with Crippen LogP contribution in [0.4, 0.5) is 0 Å². The molecule has 2 unspecified atom stereocenters. The summed E-state index contributed by atoms with van der Waals surface area (Å²) in [6, 6.07) is 4.22. The fourth-order valence-electron chi connectivity index (χ4n) is 4.51. The second-order valence-corrected chi connectivity index (χ2v) is 7.52. The zero-order valence-corrected chi connectivity index (χ0v) is 14.1. The van der Waals surface area contributed by atoms with E-state index in [0.29, 0.717) is 6.42 Å². The van der Waals surface area contributed by atoms with Gasteiger partial charge in [0.2, 0.25) is 0 Å². The van der Waals surface area contributed by atoms with Gasteiger partial charge < -0.3 is 0 Å². The molecule has 0 aromatic heterocycles. The van der Waals surface area contributed by atoms with Crippen LogP contribution in [0, 0.1) is 18.3 Å². The van der Waals surface area contributed by atoms with E-state index in [9.17, 15) is 9.59 Å². The summed E-state index contributed by atoms with van der Waals surface area (Å²) in [7, 11) is 0. The molecule has 0 saturated carbocycles. The molecule has 0 bridgehead atoms. The zero-order valence-electron chi connectivity index (χ0n) is 14.1. The van der Waals surface area contributed by atoms with Crippen LogP contribution in [0.5, 0.6) is 0 Å². The highest BCUT2D eigenvalue weighted by Gasteiger charge is 2.53. The van der Waals surface area contributed by atoms with Gasteiger partial charge in [0.15, 0.2) is 11.6 Å². The van der Waals surface area contributed by atoms with Crippen LogP contribution in [0.2, 0.25) is 0 Å². The van der Waals surface area contributed by atoms with E-state index in [1.165, 1.54) is 11.1 Å². The van der Waals surface area contributed by atoms with Gasteiger partial charge in [-0.15, -0.1) is 0 Å². The summed E-state index contributed by atoms with van der Waals surface area (Å²) < 4.78 is 0. The third kappa shape index (κ3) is 1.79. The fourth-order valence-corrected chi connectivity index (χ4v) is 4.51. The Bertz CT molecular complexity index is 709. The standard InChI is InChI=1S/C20H24O2/c1-6-13-12(2)7-8-14-18(13)15(21)11-16-19(3,4)17(22)9-10-20(14,16)5/h7-10,16H,6,11H2,1-5H3. The summed E-state index contributed by atoms with van der Waals surface area (Å²) in [4.78, 5) is 25.2. The molecule has 0 aliphatic heterocycles. The quantitative estimate of drug-likeness (QED) is 0.779. The van der Waals surface area contributed by atoms with Gasteiger partial charge in [-0.3, -0.25) is 9.59 Å². The molecule has 116 valence electrons. The van der Waals surface area contributed by atoms with E-state index in [1.807, 2.05) is 19.9 Å². The van der Waals surface area contributed by atoms with Gasteiger partial charge in [0.05, 0.1) is 0 Å². The molecule has 2 nitrogen and oxygen atoms in total. The van der Waals surface area contributed by atoms with Gasteiger partial charge in [0, 0.05) is 22.8 Å². The molecule has 1 aromatic carbocycles. The van der Waals surface area contributed by atoms with Crippen molar-refractivity contribution in [3.8, 4) is 0 Å². The smallest absolute Gasteiger partial charge is 0.163 e. The third-order valence-corrected chi connectivity index (χ3v) is 5.96. The molecule has 22 heavy (non-hydrogen) atoms. The monoisotopic (exact) mass is 296 g/mol. The van der Waals surface area contributed by atoms with E-state index in [1.54, 1.807) is 6.08 Å². The predicted octanol–water partition coefficient (Wildman–Crippen LogP) is 4.18. The van der Waals surface area contributed by atoms with Crippen LogP contribution in [-0.2, 0) is 16.6 Å². The normalized spacial score (nSPS) is 29.2. The molecule has 2 atom stereocenters. The summed E-state index contributed by atoms with van der Waals surface area (Å²) >= 11 is 0. The van der Waals surface area contributed by atoms with Crippen molar-refractivity contribution in [3.05, 3.63) is 46.5 Å². The van der Waals surface area contributed by atoms with Crippen molar-refractivity contribution in [1.82, 2.24) is 0 Å². The Morgan fingerprint density at radius 2 is 1.86 bits per heavy atom. The maximum absolute atomic E-state index is 12.9. The first-order valence-corrected chi connectivity index (χ1v) is 8.13. The van der Waals surface area contributed by atoms with Crippen LogP contribution in [-0.4, -0.2) is 11.6 Å². The lowest BCUT2D eigenvalue weighted by Gasteiger charge is -2.50. The zero-order chi connectivity index (χ0) is 16.3. The average Bonchev–Trinajstić information content (AvgIpc) is 2.46. The summed E-state index contributed by atoms with van der Waals surface area (Å²) in [5.41, 5.74) is 3.65. The Morgan fingerprint density at radius 1 is 1.18 bits per heavy atom. The van der Waals surface area contributed by atoms with Gasteiger partial charge in [0.1, 0.15) is 0 Å². The van der Waals surface area contributed by atoms with Crippen LogP contribution < -0.4 is 0 Å². The number of fused-ring (bicyclic) bond motifs is 3. The van der Waals surface area contributed by atoms with E-state index >= 15 is 0 Å². The second-order valence-electron chi connectivity index (χ2n) is 7.52. The van der Waals surface area contributed by atoms with E-state index in [-0.39, 0.29) is 22.9 Å². The Balaban J connectivity index is 2.32. The molecule has 0 spiro atoms. The first-order valence-electron chi connectivity index (χ1n) is 8.13. The number of hydrogen-bond donors (Lipinski definition) is 0. The van der Waals surface area contributed by atoms with Gasteiger partial charge in [-0.25, -0.2) is 0 Å². The van der Waals surface area contributed by atoms with E-state index < -0.39 is 5.41 Å². The Kier molecular flexibility index (Phi) is 3.21. The molecular weight excluding hydrogens is 272 g/mol. The summed E-state index contributed by atoms with van der Waals surface area (Å²) in [6.07, 6.45) is 5.09. The van der Waals surface area contributed by atoms with Crippen LogP contribution in [0.1, 0.15) is 61.2 Å². The van der Waals surface area contributed by atoms with E-state index in [2.05, 4.69) is 32.9 Å². The molecule has 0 N–H and O–H groups in total. The first kappa shape index (κ1) is 15.2. The molecule has 0 heterocycles. The van der Waals surface area contributed by atoms with Gasteiger partial charge >= 0.3 is 0 Å². The fraction of sp³-hybridized carbons (Fsp3) is 0.500. The minimum atomic E-state index is -0.492. The maximum Gasteiger partial charge on any atom is 0.163 e. The molecule has 0 fully saturated rings. The van der Waals surface area contributed by atoms with E-state index in [0.717, 1.165) is 17.5 Å². The number of aryl methyl sites for hydroxylation is 1. The van der Waals surface area contributed by atoms with Crippen LogP contribution >= 0.6 is 0 Å². The largest absolute Gasteiger partial charge is 0.294 e. The van der Waals surface area contributed by atoms with Crippen molar-refractivity contribution in [3.63, 3.8) is 0 Å². The number of benzene rings is 1. The molecular formula is C20H24O2. The molecule has 1 aromatic rings. The molecule has 0 amide bonds. The lowest BCUT2D eigenvalue weighted by atomic mass is 9.52. The lowest BCUT2D eigenvalue weighted by molar-refractivity contribution is -0.127. The maximum atomic E-state index is 12.9. The van der Waals surface area contributed by atoms with Gasteiger partial charge in [-0.1, -0.05) is 45.9 Å². The minimum Gasteiger partial charge on any atom is -0.294 e. The lowest BCUT2D eigenvalue weighted by Crippen LogP contribution is -2.51. The molecule has 3 rings (SSSR count). The Hall–Kier alpha value is -1.70. The van der Waals surface area contributed by atoms with Crippen molar-refractivity contribution in [2.75, 3.05) is 0 Å². The van der Waals surface area contributed by atoms with Crippen LogP contribution in [0.15, 0.2) is 24.3 Å². The van der Waals surface area contributed by atoms with Crippen molar-refractivity contribution in [2.24, 2.45) is 11.3 Å². The minimum absolute atomic E-state index is 0.0323.